The molecular weight excluding hydrogens is 426 g/mol. The third kappa shape index (κ3) is 5.13. The van der Waals surface area contributed by atoms with E-state index in [2.05, 4.69) is 81.5 Å². The molecule has 0 spiro atoms. The Kier molecular flexibility index (Phi) is 6.97. The highest BCUT2D eigenvalue weighted by molar-refractivity contribution is 7.98. The summed E-state index contributed by atoms with van der Waals surface area (Å²) in [5.41, 5.74) is 3.58. The second kappa shape index (κ2) is 9.87. The summed E-state index contributed by atoms with van der Waals surface area (Å²) < 4.78 is 2.13. The van der Waals surface area contributed by atoms with E-state index in [1.54, 1.807) is 23.1 Å². The van der Waals surface area contributed by atoms with Gasteiger partial charge in [0.05, 0.1) is 0 Å². The first-order valence-corrected chi connectivity index (χ1v) is 12.7. The first kappa shape index (κ1) is 21.9. The van der Waals surface area contributed by atoms with Crippen molar-refractivity contribution >= 4 is 34.1 Å². The van der Waals surface area contributed by atoms with Crippen molar-refractivity contribution in [2.24, 2.45) is 5.92 Å². The van der Waals surface area contributed by atoms with Crippen LogP contribution in [0.15, 0.2) is 41.3 Å². The number of carbonyl (C=O) groups excluding carboxylic acids is 1. The quantitative estimate of drug-likeness (QED) is 0.540. The van der Waals surface area contributed by atoms with Gasteiger partial charge in [0.15, 0.2) is 0 Å². The van der Waals surface area contributed by atoms with Crippen molar-refractivity contribution in [1.82, 2.24) is 20.1 Å². The molecule has 1 N–H and O–H groups in total. The van der Waals surface area contributed by atoms with Crippen LogP contribution in [0.4, 0.5) is 5.13 Å². The van der Waals surface area contributed by atoms with Crippen molar-refractivity contribution < 1.29 is 4.79 Å². The molecule has 0 saturated carbocycles. The normalized spacial score (nSPS) is 14.7. The minimum Gasteiger partial charge on any atom is -0.356 e. The molecule has 1 saturated heterocycles. The Balaban J connectivity index is 1.25. The summed E-state index contributed by atoms with van der Waals surface area (Å²) in [6, 6.07) is 12.7. The van der Waals surface area contributed by atoms with Crippen LogP contribution >= 0.6 is 23.1 Å². The highest BCUT2D eigenvalue weighted by Crippen LogP contribution is 2.29. The van der Waals surface area contributed by atoms with E-state index in [9.17, 15) is 4.79 Å². The molecule has 1 aromatic carbocycles. The van der Waals surface area contributed by atoms with Gasteiger partial charge in [-0.25, -0.2) is 0 Å². The van der Waals surface area contributed by atoms with Crippen LogP contribution in [0, 0.1) is 19.8 Å². The fourth-order valence-corrected chi connectivity index (χ4v) is 5.42. The summed E-state index contributed by atoms with van der Waals surface area (Å²) in [6.07, 6.45) is 4.65. The summed E-state index contributed by atoms with van der Waals surface area (Å²) in [5, 5.41) is 13.8. The van der Waals surface area contributed by atoms with Crippen LogP contribution < -0.4 is 10.2 Å². The van der Waals surface area contributed by atoms with Crippen LogP contribution in [0.25, 0.3) is 5.13 Å². The van der Waals surface area contributed by atoms with E-state index < -0.39 is 0 Å². The first-order chi connectivity index (χ1) is 15.0. The third-order valence-corrected chi connectivity index (χ3v) is 7.59. The smallest absolute Gasteiger partial charge is 0.223 e. The molecule has 3 heterocycles. The summed E-state index contributed by atoms with van der Waals surface area (Å²) in [7, 11) is 0. The second-order valence-electron chi connectivity index (χ2n) is 7.97. The molecule has 1 aliphatic rings. The van der Waals surface area contributed by atoms with Crippen LogP contribution in [0.1, 0.15) is 29.8 Å². The van der Waals surface area contributed by atoms with Gasteiger partial charge in [0, 0.05) is 41.8 Å². The Morgan fingerprint density at radius 3 is 2.35 bits per heavy atom. The summed E-state index contributed by atoms with van der Waals surface area (Å²) >= 11 is 3.36. The van der Waals surface area contributed by atoms with Crippen molar-refractivity contribution in [2.45, 2.75) is 38.0 Å². The number of piperidine rings is 1. The van der Waals surface area contributed by atoms with E-state index in [-0.39, 0.29) is 11.8 Å². The molecule has 31 heavy (non-hydrogen) atoms. The lowest BCUT2D eigenvalue weighted by atomic mass is 9.96. The molecular formula is C23H29N5OS2. The van der Waals surface area contributed by atoms with Crippen LogP contribution in [-0.4, -0.2) is 46.6 Å². The lowest BCUT2D eigenvalue weighted by Crippen LogP contribution is -2.41. The molecule has 0 unspecified atom stereocenters. The zero-order valence-electron chi connectivity index (χ0n) is 18.3. The maximum Gasteiger partial charge on any atom is 0.223 e. The lowest BCUT2D eigenvalue weighted by molar-refractivity contribution is -0.125. The molecule has 1 amide bonds. The Labute approximate surface area is 192 Å². The van der Waals surface area contributed by atoms with Gasteiger partial charge >= 0.3 is 0 Å². The van der Waals surface area contributed by atoms with Gasteiger partial charge in [-0.05, 0) is 69.2 Å². The fraction of sp³-hybridized carbons (Fsp3) is 0.435. The lowest BCUT2D eigenvalue weighted by Gasteiger charge is -2.30. The number of hydrogen-bond donors (Lipinski definition) is 1. The van der Waals surface area contributed by atoms with Gasteiger partial charge in [-0.15, -0.1) is 22.0 Å². The van der Waals surface area contributed by atoms with Crippen LogP contribution in [-0.2, 0) is 11.2 Å². The zero-order valence-corrected chi connectivity index (χ0v) is 19.9. The highest BCUT2D eigenvalue weighted by atomic mass is 32.2. The number of aromatic nitrogens is 3. The molecule has 164 valence electrons. The monoisotopic (exact) mass is 455 g/mol. The van der Waals surface area contributed by atoms with Crippen molar-refractivity contribution in [3.63, 3.8) is 0 Å². The van der Waals surface area contributed by atoms with Crippen molar-refractivity contribution in [3.8, 4) is 5.13 Å². The zero-order chi connectivity index (χ0) is 21.8. The number of benzene rings is 1. The van der Waals surface area contributed by atoms with E-state index >= 15 is 0 Å². The Morgan fingerprint density at radius 1 is 1.06 bits per heavy atom. The van der Waals surface area contributed by atoms with Crippen molar-refractivity contribution in [3.05, 3.63) is 53.3 Å². The van der Waals surface area contributed by atoms with Crippen LogP contribution in [0.3, 0.4) is 0 Å². The van der Waals surface area contributed by atoms with Gasteiger partial charge < -0.3 is 10.2 Å². The molecule has 0 bridgehead atoms. The highest BCUT2D eigenvalue weighted by Gasteiger charge is 2.26. The minimum atomic E-state index is 0.0800. The SMILES string of the molecule is CSc1ccc(CCNC(=O)C2CCN(c3nnc(-n4c(C)ccc4C)s3)CC2)cc1. The average molecular weight is 456 g/mol. The molecule has 0 atom stereocenters. The molecule has 0 radical (unpaired) electrons. The number of hydrogen-bond acceptors (Lipinski definition) is 6. The van der Waals surface area contributed by atoms with Crippen molar-refractivity contribution in [1.29, 1.82) is 0 Å². The number of carbonyl (C=O) groups is 1. The van der Waals surface area contributed by atoms with E-state index in [0.29, 0.717) is 6.54 Å². The van der Waals surface area contributed by atoms with E-state index in [4.69, 9.17) is 0 Å². The number of thioether (sulfide) groups is 1. The molecule has 4 rings (SSSR count). The fourth-order valence-electron chi connectivity index (χ4n) is 4.00. The molecule has 3 aromatic rings. The molecule has 0 aliphatic carbocycles. The van der Waals surface area contributed by atoms with Gasteiger partial charge in [-0.2, -0.15) is 0 Å². The predicted octanol–water partition coefficient (Wildman–Crippen LogP) is 4.24. The third-order valence-electron chi connectivity index (χ3n) is 5.87. The number of amides is 1. The number of aryl methyl sites for hydroxylation is 2. The number of nitrogens with one attached hydrogen (secondary N) is 1. The molecule has 1 aliphatic heterocycles. The molecule has 8 heteroatoms. The van der Waals surface area contributed by atoms with E-state index in [1.165, 1.54) is 10.5 Å². The van der Waals surface area contributed by atoms with Gasteiger partial charge in [-0.3, -0.25) is 9.36 Å². The number of anilines is 1. The minimum absolute atomic E-state index is 0.0800. The molecule has 6 nitrogen and oxygen atoms in total. The maximum absolute atomic E-state index is 12.6. The second-order valence-corrected chi connectivity index (χ2v) is 9.78. The average Bonchev–Trinajstić information content (AvgIpc) is 3.40. The summed E-state index contributed by atoms with van der Waals surface area (Å²) in [5.74, 6) is 0.258. The Morgan fingerprint density at radius 2 is 1.71 bits per heavy atom. The Bertz CT molecular complexity index is 1000. The standard InChI is InChI=1S/C23H29N5OS2/c1-16-4-5-17(2)28(16)23-26-25-22(31-23)27-14-11-19(12-15-27)21(29)24-13-10-18-6-8-20(30-3)9-7-18/h4-9,19H,10-15H2,1-3H3,(H,24,29). The summed E-state index contributed by atoms with van der Waals surface area (Å²) in [6.45, 7) is 6.53. The van der Waals surface area contributed by atoms with Crippen molar-refractivity contribution in [2.75, 3.05) is 30.8 Å². The van der Waals surface area contributed by atoms with Gasteiger partial charge in [0.25, 0.3) is 0 Å². The van der Waals surface area contributed by atoms with Crippen LogP contribution in [0.2, 0.25) is 0 Å². The predicted molar refractivity (Wildman–Crippen MR) is 129 cm³/mol. The molecule has 1 fully saturated rings. The number of nitrogens with zero attached hydrogens (tertiary/aromatic N) is 4. The van der Waals surface area contributed by atoms with Gasteiger partial charge in [0.2, 0.25) is 16.2 Å². The Hall–Kier alpha value is -2.32. The topological polar surface area (TPSA) is 63.1 Å². The largest absolute Gasteiger partial charge is 0.356 e. The van der Waals surface area contributed by atoms with E-state index in [1.807, 2.05) is 0 Å². The van der Waals surface area contributed by atoms with Gasteiger partial charge in [-0.1, -0.05) is 23.5 Å². The molecule has 2 aromatic heterocycles. The first-order valence-electron chi connectivity index (χ1n) is 10.7. The van der Waals surface area contributed by atoms with E-state index in [0.717, 1.165) is 54.0 Å². The summed E-state index contributed by atoms with van der Waals surface area (Å²) in [4.78, 5) is 16.1. The van der Waals surface area contributed by atoms with Crippen LogP contribution in [0.5, 0.6) is 0 Å². The number of rotatable bonds is 7. The maximum atomic E-state index is 12.6. The van der Waals surface area contributed by atoms with Gasteiger partial charge in [0.1, 0.15) is 0 Å².